The summed E-state index contributed by atoms with van der Waals surface area (Å²) in [5.41, 5.74) is 6.23. The fourth-order valence-electron chi connectivity index (χ4n) is 2.29. The zero-order valence-corrected chi connectivity index (χ0v) is 15.4. The van der Waals surface area contributed by atoms with Crippen molar-refractivity contribution in [3.05, 3.63) is 47.0 Å². The van der Waals surface area contributed by atoms with E-state index in [1.807, 2.05) is 0 Å². The van der Waals surface area contributed by atoms with Crippen LogP contribution in [0.4, 0.5) is 5.69 Å². The number of methoxy groups -OCH3 is 1. The lowest BCUT2D eigenvalue weighted by molar-refractivity contribution is 0.0942. The number of hydrogen-bond donors (Lipinski definition) is 3. The van der Waals surface area contributed by atoms with Gasteiger partial charge >= 0.3 is 0 Å². The van der Waals surface area contributed by atoms with Crippen molar-refractivity contribution in [2.75, 3.05) is 25.6 Å². The van der Waals surface area contributed by atoms with Crippen molar-refractivity contribution in [3.63, 3.8) is 0 Å². The Morgan fingerprint density at radius 1 is 1.15 bits per heavy atom. The Morgan fingerprint density at radius 3 is 2.62 bits per heavy atom. The molecule has 0 aliphatic carbocycles. The summed E-state index contributed by atoms with van der Waals surface area (Å²) in [5, 5.41) is 3.77. The summed E-state index contributed by atoms with van der Waals surface area (Å²) in [5.74, 6) is 0.973. The van der Waals surface area contributed by atoms with Gasteiger partial charge in [-0.25, -0.2) is 0 Å². The molecule has 2 aromatic carbocycles. The fraction of sp³-hybridized carbons (Fsp3) is 0.176. The van der Waals surface area contributed by atoms with Crippen LogP contribution in [0.2, 0.25) is 5.02 Å². The monoisotopic (exact) mass is 393 g/mol. The van der Waals surface area contributed by atoms with E-state index in [9.17, 15) is 4.79 Å². The van der Waals surface area contributed by atoms with Crippen LogP contribution in [0.3, 0.4) is 0 Å². The number of thiocarbonyl (C=S) groups is 1. The zero-order valence-electron chi connectivity index (χ0n) is 13.8. The number of anilines is 1. The number of ether oxygens (including phenoxy) is 3. The Hall–Kier alpha value is -2.71. The van der Waals surface area contributed by atoms with Crippen molar-refractivity contribution < 1.29 is 19.0 Å². The molecule has 0 fully saturated rings. The quantitative estimate of drug-likeness (QED) is 0.546. The first-order valence-electron chi connectivity index (χ1n) is 7.67. The summed E-state index contributed by atoms with van der Waals surface area (Å²) < 4.78 is 16.3. The van der Waals surface area contributed by atoms with Crippen LogP contribution < -0.4 is 30.4 Å². The molecule has 3 N–H and O–H groups in total. The smallest absolute Gasteiger partial charge is 0.269 e. The van der Waals surface area contributed by atoms with Gasteiger partial charge in [-0.3, -0.25) is 15.6 Å². The second-order valence-corrected chi connectivity index (χ2v) is 6.09. The maximum absolute atomic E-state index is 12.4. The molecule has 0 saturated heterocycles. The largest absolute Gasteiger partial charge is 0.493 e. The predicted octanol–water partition coefficient (Wildman–Crippen LogP) is 2.75. The summed E-state index contributed by atoms with van der Waals surface area (Å²) in [4.78, 5) is 12.4. The topological polar surface area (TPSA) is 80.9 Å². The Kier molecular flexibility index (Phi) is 5.65. The molecule has 1 aliphatic rings. The van der Waals surface area contributed by atoms with Gasteiger partial charge in [-0.15, -0.1) is 0 Å². The lowest BCUT2D eigenvalue weighted by Gasteiger charge is -2.21. The molecular formula is C17H16ClN3O4S. The van der Waals surface area contributed by atoms with Crippen molar-refractivity contribution in [1.82, 2.24) is 10.9 Å². The zero-order chi connectivity index (χ0) is 18.5. The molecule has 1 amide bonds. The second kappa shape index (κ2) is 8.11. The van der Waals surface area contributed by atoms with E-state index in [2.05, 4.69) is 16.2 Å². The standard InChI is InChI=1S/C17H16ClN3O4S/c1-23-13-8-10(9-14-15(13)25-7-6-24-14)16(22)20-21-17(26)19-12-4-2-11(18)3-5-12/h2-5,8-9H,6-7H2,1H3,(H,20,22)(H2,19,21,26). The van der Waals surface area contributed by atoms with E-state index in [0.29, 0.717) is 41.0 Å². The molecule has 7 nitrogen and oxygen atoms in total. The molecule has 1 heterocycles. The molecule has 136 valence electrons. The first-order chi connectivity index (χ1) is 12.6. The molecule has 26 heavy (non-hydrogen) atoms. The minimum Gasteiger partial charge on any atom is -0.493 e. The highest BCUT2D eigenvalue weighted by Gasteiger charge is 2.21. The number of hydrazine groups is 1. The molecule has 0 atom stereocenters. The molecule has 0 saturated carbocycles. The van der Waals surface area contributed by atoms with Crippen LogP contribution in [-0.2, 0) is 0 Å². The van der Waals surface area contributed by atoms with Gasteiger partial charge in [0.1, 0.15) is 13.2 Å². The minimum atomic E-state index is -0.402. The van der Waals surface area contributed by atoms with Gasteiger partial charge in [-0.05, 0) is 48.6 Å². The first kappa shape index (κ1) is 18.1. The number of benzene rings is 2. The van der Waals surface area contributed by atoms with Gasteiger partial charge in [0, 0.05) is 16.3 Å². The van der Waals surface area contributed by atoms with Crippen LogP contribution in [0.5, 0.6) is 17.2 Å². The van der Waals surface area contributed by atoms with Crippen molar-refractivity contribution in [1.29, 1.82) is 0 Å². The van der Waals surface area contributed by atoms with Crippen LogP contribution in [0, 0.1) is 0 Å². The SMILES string of the molecule is COc1cc(C(=O)NNC(=S)Nc2ccc(Cl)cc2)cc2c1OCCO2. The minimum absolute atomic E-state index is 0.227. The number of carbonyl (C=O) groups excluding carboxylic acids is 1. The predicted molar refractivity (Wildman–Crippen MR) is 102 cm³/mol. The summed E-state index contributed by atoms with van der Waals surface area (Å²) in [6.45, 7) is 0.843. The average molecular weight is 394 g/mol. The van der Waals surface area contributed by atoms with E-state index >= 15 is 0 Å². The van der Waals surface area contributed by atoms with E-state index in [1.54, 1.807) is 36.4 Å². The molecule has 0 spiro atoms. The summed E-state index contributed by atoms with van der Waals surface area (Å²) in [7, 11) is 1.50. The maximum atomic E-state index is 12.4. The average Bonchev–Trinajstić information content (AvgIpc) is 2.67. The Balaban J connectivity index is 1.62. The van der Waals surface area contributed by atoms with E-state index in [4.69, 9.17) is 38.0 Å². The third-order valence-corrected chi connectivity index (χ3v) is 3.94. The molecule has 0 aromatic heterocycles. The third-order valence-electron chi connectivity index (χ3n) is 3.48. The fourth-order valence-corrected chi connectivity index (χ4v) is 2.58. The van der Waals surface area contributed by atoms with E-state index in [0.717, 1.165) is 5.69 Å². The van der Waals surface area contributed by atoms with Gasteiger partial charge in [-0.1, -0.05) is 11.6 Å². The van der Waals surface area contributed by atoms with Crippen LogP contribution >= 0.6 is 23.8 Å². The second-order valence-electron chi connectivity index (χ2n) is 5.24. The number of halogens is 1. The molecular weight excluding hydrogens is 378 g/mol. The lowest BCUT2D eigenvalue weighted by Crippen LogP contribution is -2.43. The number of nitrogens with one attached hydrogen (secondary N) is 3. The van der Waals surface area contributed by atoms with Crippen LogP contribution in [0.15, 0.2) is 36.4 Å². The summed E-state index contributed by atoms with van der Waals surface area (Å²) in [6.07, 6.45) is 0. The molecule has 1 aliphatic heterocycles. The van der Waals surface area contributed by atoms with Gasteiger partial charge in [-0.2, -0.15) is 0 Å². The molecule has 9 heteroatoms. The van der Waals surface area contributed by atoms with Gasteiger partial charge in [0.15, 0.2) is 16.6 Å². The number of hydrogen-bond acceptors (Lipinski definition) is 5. The Labute approximate surface area is 160 Å². The number of amides is 1. The van der Waals surface area contributed by atoms with E-state index in [1.165, 1.54) is 7.11 Å². The van der Waals surface area contributed by atoms with Crippen molar-refractivity contribution in [3.8, 4) is 17.2 Å². The van der Waals surface area contributed by atoms with Crippen LogP contribution in [0.25, 0.3) is 0 Å². The third kappa shape index (κ3) is 4.27. The molecule has 2 aromatic rings. The molecule has 0 bridgehead atoms. The summed E-state index contributed by atoms with van der Waals surface area (Å²) in [6, 6.07) is 10.1. The highest BCUT2D eigenvalue weighted by atomic mass is 35.5. The van der Waals surface area contributed by atoms with E-state index in [-0.39, 0.29) is 5.11 Å². The lowest BCUT2D eigenvalue weighted by atomic mass is 10.1. The number of carbonyl (C=O) groups is 1. The van der Waals surface area contributed by atoms with Crippen molar-refractivity contribution in [2.24, 2.45) is 0 Å². The van der Waals surface area contributed by atoms with Crippen molar-refractivity contribution >= 4 is 40.5 Å². The highest BCUT2D eigenvalue weighted by molar-refractivity contribution is 7.80. The number of fused-ring (bicyclic) bond motifs is 1. The number of rotatable bonds is 3. The van der Waals surface area contributed by atoms with Crippen molar-refractivity contribution in [2.45, 2.75) is 0 Å². The van der Waals surface area contributed by atoms with Gasteiger partial charge in [0.25, 0.3) is 5.91 Å². The Bertz CT molecular complexity index is 812. The van der Waals surface area contributed by atoms with Gasteiger partial charge in [0.05, 0.1) is 7.11 Å². The van der Waals surface area contributed by atoms with Gasteiger partial charge in [0.2, 0.25) is 5.75 Å². The molecule has 0 unspecified atom stereocenters. The first-order valence-corrected chi connectivity index (χ1v) is 8.46. The van der Waals surface area contributed by atoms with E-state index < -0.39 is 5.91 Å². The van der Waals surface area contributed by atoms with Crippen LogP contribution in [0.1, 0.15) is 10.4 Å². The van der Waals surface area contributed by atoms with Gasteiger partial charge < -0.3 is 19.5 Å². The van der Waals surface area contributed by atoms with Crippen LogP contribution in [-0.4, -0.2) is 31.3 Å². The maximum Gasteiger partial charge on any atom is 0.269 e. The molecule has 0 radical (unpaired) electrons. The Morgan fingerprint density at radius 2 is 1.88 bits per heavy atom. The normalized spacial score (nSPS) is 12.1. The molecule has 3 rings (SSSR count). The highest BCUT2D eigenvalue weighted by Crippen LogP contribution is 2.40. The summed E-state index contributed by atoms with van der Waals surface area (Å²) >= 11 is 11.0.